The molecule has 3 aromatic rings. The predicted molar refractivity (Wildman–Crippen MR) is 80.7 cm³/mol. The number of rotatable bonds is 3. The molecule has 0 aliphatic rings. The predicted octanol–water partition coefficient (Wildman–Crippen LogP) is 3.65. The zero-order chi connectivity index (χ0) is 14.1. The van der Waals surface area contributed by atoms with Gasteiger partial charge < -0.3 is 14.9 Å². The molecule has 0 spiro atoms. The summed E-state index contributed by atoms with van der Waals surface area (Å²) in [6, 6.07) is 9.32. The summed E-state index contributed by atoms with van der Waals surface area (Å²) in [7, 11) is 1.60. The molecule has 2 aromatic heterocycles. The van der Waals surface area contributed by atoms with Gasteiger partial charge in [0.05, 0.1) is 23.8 Å². The number of ether oxygens (including phenoxy) is 1. The van der Waals surface area contributed by atoms with Crippen molar-refractivity contribution in [3.05, 3.63) is 58.5 Å². The first-order valence-electron chi connectivity index (χ1n) is 6.11. The van der Waals surface area contributed by atoms with Crippen molar-refractivity contribution >= 4 is 26.9 Å². The number of hydrogen-bond acceptors (Lipinski definition) is 4. The van der Waals surface area contributed by atoms with E-state index >= 15 is 0 Å². The first kappa shape index (κ1) is 13.1. The summed E-state index contributed by atoms with van der Waals surface area (Å²) in [5.41, 5.74) is 7.90. The van der Waals surface area contributed by atoms with Gasteiger partial charge in [-0.3, -0.25) is 4.98 Å². The molecule has 0 aliphatic heterocycles. The Morgan fingerprint density at radius 2 is 2.15 bits per heavy atom. The van der Waals surface area contributed by atoms with Gasteiger partial charge >= 0.3 is 0 Å². The summed E-state index contributed by atoms with van der Waals surface area (Å²) in [5.74, 6) is 1.37. The molecule has 3 rings (SSSR count). The molecule has 0 amide bonds. The highest BCUT2D eigenvalue weighted by molar-refractivity contribution is 9.10. The molecule has 4 nitrogen and oxygen atoms in total. The normalized spacial score (nSPS) is 12.6. The van der Waals surface area contributed by atoms with Crippen LogP contribution in [-0.4, -0.2) is 12.1 Å². The maximum absolute atomic E-state index is 6.25. The summed E-state index contributed by atoms with van der Waals surface area (Å²) in [6.07, 6.45) is 3.36. The van der Waals surface area contributed by atoms with Gasteiger partial charge in [0, 0.05) is 11.6 Å². The van der Waals surface area contributed by atoms with Crippen LogP contribution in [-0.2, 0) is 0 Å². The Labute approximate surface area is 124 Å². The monoisotopic (exact) mass is 332 g/mol. The number of pyridine rings is 1. The molecule has 1 aromatic carbocycles. The van der Waals surface area contributed by atoms with Gasteiger partial charge in [0.15, 0.2) is 0 Å². The minimum absolute atomic E-state index is 0.378. The average Bonchev–Trinajstić information content (AvgIpc) is 2.92. The van der Waals surface area contributed by atoms with Crippen LogP contribution in [0.25, 0.3) is 11.0 Å². The van der Waals surface area contributed by atoms with Crippen LogP contribution in [0.15, 0.2) is 51.6 Å². The Bertz CT molecular complexity index is 754. The minimum Gasteiger partial charge on any atom is -0.495 e. The molecule has 0 radical (unpaired) electrons. The zero-order valence-electron chi connectivity index (χ0n) is 10.8. The van der Waals surface area contributed by atoms with Gasteiger partial charge in [-0.15, -0.1) is 0 Å². The molecular formula is C15H13BrN2O2. The molecule has 20 heavy (non-hydrogen) atoms. The Hall–Kier alpha value is -1.85. The zero-order valence-corrected chi connectivity index (χ0v) is 12.4. The fourth-order valence-corrected chi connectivity index (χ4v) is 2.54. The van der Waals surface area contributed by atoms with Crippen molar-refractivity contribution in [1.82, 2.24) is 4.98 Å². The van der Waals surface area contributed by atoms with E-state index in [2.05, 4.69) is 20.9 Å². The second kappa shape index (κ2) is 5.26. The Kier molecular flexibility index (Phi) is 3.46. The molecule has 1 atom stereocenters. The molecule has 0 fully saturated rings. The van der Waals surface area contributed by atoms with Crippen molar-refractivity contribution in [1.29, 1.82) is 0 Å². The lowest BCUT2D eigenvalue weighted by Crippen LogP contribution is -2.11. The first-order chi connectivity index (χ1) is 9.69. The highest BCUT2D eigenvalue weighted by atomic mass is 79.9. The van der Waals surface area contributed by atoms with Gasteiger partial charge in [-0.1, -0.05) is 12.1 Å². The lowest BCUT2D eigenvalue weighted by atomic mass is 10.1. The maximum Gasteiger partial charge on any atom is 0.148 e. The molecule has 5 heteroatoms. The van der Waals surface area contributed by atoms with Crippen LogP contribution >= 0.6 is 15.9 Å². The standard InChI is InChI=1S/C15H13BrN2O2/c1-19-11-5-10(7-18-8-11)14(17)13-6-9-3-2-4-12(16)15(9)20-13/h2-8,14H,17H2,1H3. The fraction of sp³-hybridized carbons (Fsp3) is 0.133. The van der Waals surface area contributed by atoms with Crippen LogP contribution in [0.1, 0.15) is 17.4 Å². The second-order valence-electron chi connectivity index (χ2n) is 4.44. The lowest BCUT2D eigenvalue weighted by molar-refractivity contribution is 0.411. The molecule has 0 saturated heterocycles. The average molecular weight is 333 g/mol. The van der Waals surface area contributed by atoms with E-state index in [9.17, 15) is 0 Å². The SMILES string of the molecule is COc1cncc(C(N)c2cc3cccc(Br)c3o2)c1. The smallest absolute Gasteiger partial charge is 0.148 e. The number of benzene rings is 1. The number of halogens is 1. The van der Waals surface area contributed by atoms with Gasteiger partial charge in [0.2, 0.25) is 0 Å². The van der Waals surface area contributed by atoms with Crippen molar-refractivity contribution in [2.24, 2.45) is 5.73 Å². The van der Waals surface area contributed by atoms with Crippen LogP contribution in [0.5, 0.6) is 5.75 Å². The molecule has 0 bridgehead atoms. The molecular weight excluding hydrogens is 320 g/mol. The fourth-order valence-electron chi connectivity index (χ4n) is 2.08. The number of furan rings is 1. The number of hydrogen-bond donors (Lipinski definition) is 1. The van der Waals surface area contributed by atoms with E-state index in [1.54, 1.807) is 19.5 Å². The number of para-hydroxylation sites is 1. The van der Waals surface area contributed by atoms with E-state index in [0.29, 0.717) is 11.5 Å². The van der Waals surface area contributed by atoms with E-state index in [1.165, 1.54) is 0 Å². The van der Waals surface area contributed by atoms with Gasteiger partial charge in [0.25, 0.3) is 0 Å². The molecule has 0 saturated carbocycles. The largest absolute Gasteiger partial charge is 0.495 e. The first-order valence-corrected chi connectivity index (χ1v) is 6.91. The summed E-state index contributed by atoms with van der Waals surface area (Å²) >= 11 is 3.47. The molecule has 102 valence electrons. The van der Waals surface area contributed by atoms with Gasteiger partial charge in [-0.2, -0.15) is 0 Å². The van der Waals surface area contributed by atoms with Crippen LogP contribution in [0.4, 0.5) is 0 Å². The Morgan fingerprint density at radius 1 is 1.30 bits per heavy atom. The molecule has 0 aliphatic carbocycles. The molecule has 2 N–H and O–H groups in total. The second-order valence-corrected chi connectivity index (χ2v) is 5.30. The Morgan fingerprint density at radius 3 is 2.90 bits per heavy atom. The number of fused-ring (bicyclic) bond motifs is 1. The number of aromatic nitrogens is 1. The lowest BCUT2D eigenvalue weighted by Gasteiger charge is -2.09. The number of nitrogens with zero attached hydrogens (tertiary/aromatic N) is 1. The highest BCUT2D eigenvalue weighted by Crippen LogP contribution is 2.31. The van der Waals surface area contributed by atoms with Crippen molar-refractivity contribution in [3.63, 3.8) is 0 Å². The summed E-state index contributed by atoms with van der Waals surface area (Å²) < 4.78 is 11.9. The van der Waals surface area contributed by atoms with Crippen molar-refractivity contribution in [2.45, 2.75) is 6.04 Å². The number of methoxy groups -OCH3 is 1. The molecule has 1 unspecified atom stereocenters. The van der Waals surface area contributed by atoms with E-state index in [1.807, 2.05) is 30.3 Å². The number of nitrogens with two attached hydrogens (primary N) is 1. The van der Waals surface area contributed by atoms with Crippen LogP contribution in [0.2, 0.25) is 0 Å². The topological polar surface area (TPSA) is 61.3 Å². The molecule has 2 heterocycles. The van der Waals surface area contributed by atoms with Gasteiger partial charge in [-0.25, -0.2) is 0 Å². The van der Waals surface area contributed by atoms with Crippen LogP contribution in [0.3, 0.4) is 0 Å². The third-order valence-corrected chi connectivity index (χ3v) is 3.78. The maximum atomic E-state index is 6.25. The summed E-state index contributed by atoms with van der Waals surface area (Å²) in [4.78, 5) is 4.12. The van der Waals surface area contributed by atoms with Crippen LogP contribution < -0.4 is 10.5 Å². The van der Waals surface area contributed by atoms with Crippen molar-refractivity contribution in [3.8, 4) is 5.75 Å². The van der Waals surface area contributed by atoms with Gasteiger partial charge in [0.1, 0.15) is 17.1 Å². The van der Waals surface area contributed by atoms with Crippen molar-refractivity contribution in [2.75, 3.05) is 7.11 Å². The highest BCUT2D eigenvalue weighted by Gasteiger charge is 2.16. The third-order valence-electron chi connectivity index (χ3n) is 3.15. The Balaban J connectivity index is 2.03. The van der Waals surface area contributed by atoms with Crippen LogP contribution in [0, 0.1) is 0 Å². The van der Waals surface area contributed by atoms with Gasteiger partial charge in [-0.05, 0) is 39.7 Å². The summed E-state index contributed by atoms with van der Waals surface area (Å²) in [6.45, 7) is 0. The van der Waals surface area contributed by atoms with E-state index in [4.69, 9.17) is 14.9 Å². The summed E-state index contributed by atoms with van der Waals surface area (Å²) in [5, 5.41) is 1.01. The third kappa shape index (κ3) is 2.30. The van der Waals surface area contributed by atoms with E-state index in [0.717, 1.165) is 21.0 Å². The minimum atomic E-state index is -0.378. The van der Waals surface area contributed by atoms with E-state index < -0.39 is 0 Å². The van der Waals surface area contributed by atoms with Crippen molar-refractivity contribution < 1.29 is 9.15 Å². The quantitative estimate of drug-likeness (QED) is 0.795. The van der Waals surface area contributed by atoms with E-state index in [-0.39, 0.29) is 6.04 Å².